The van der Waals surface area contributed by atoms with Gasteiger partial charge in [-0.25, -0.2) is 0 Å². The van der Waals surface area contributed by atoms with Crippen LogP contribution < -0.4 is 0 Å². The van der Waals surface area contributed by atoms with E-state index in [0.29, 0.717) is 0 Å². The Labute approximate surface area is 154 Å². The maximum Gasteiger partial charge on any atom is 0.336 e. The fourth-order valence-corrected chi connectivity index (χ4v) is 19.2. The van der Waals surface area contributed by atoms with Gasteiger partial charge in [-0.1, -0.05) is 29.7 Å². The molecule has 0 aromatic rings. The van der Waals surface area contributed by atoms with Gasteiger partial charge in [0.15, 0.2) is 8.32 Å². The summed E-state index contributed by atoms with van der Waals surface area (Å²) in [6, 6.07) is 0. The van der Waals surface area contributed by atoms with Crippen LogP contribution >= 0.6 is 23.5 Å². The smallest absolute Gasteiger partial charge is 0.336 e. The molecular weight excluding hydrogens is 365 g/mol. The fraction of sp³-hybridized carbons (Fsp3) is 1.00. The average Bonchev–Trinajstić information content (AvgIpc) is 2.14. The van der Waals surface area contributed by atoms with E-state index in [1.807, 2.05) is 11.8 Å². The van der Waals surface area contributed by atoms with Crippen LogP contribution in [0.4, 0.5) is 0 Å². The summed E-state index contributed by atoms with van der Waals surface area (Å²) in [6.45, 7) is 11.0. The van der Waals surface area contributed by atoms with E-state index in [4.69, 9.17) is 12.7 Å². The van der Waals surface area contributed by atoms with E-state index in [1.165, 1.54) is 0 Å². The van der Waals surface area contributed by atoms with Crippen molar-refractivity contribution in [3.63, 3.8) is 0 Å². The molecule has 8 heteroatoms. The van der Waals surface area contributed by atoms with E-state index in [9.17, 15) is 0 Å². The Bertz CT molecular complexity index is 257. The number of hydrogen-bond acceptors (Lipinski definition) is 5. The molecule has 0 aliphatic heterocycles. The first-order valence-corrected chi connectivity index (χ1v) is 17.3. The number of thioether (sulfide) groups is 2. The molecule has 0 saturated heterocycles. The largest absolute Gasteiger partial charge is 0.436 e. The molecule has 0 bridgehead atoms. The highest BCUT2D eigenvalue weighted by atomic mass is 32.2. The molecule has 0 fully saturated rings. The molecule has 22 heavy (non-hydrogen) atoms. The van der Waals surface area contributed by atoms with Crippen LogP contribution in [-0.4, -0.2) is 55.8 Å². The van der Waals surface area contributed by atoms with E-state index in [0.717, 1.165) is 10.8 Å². The summed E-state index contributed by atoms with van der Waals surface area (Å²) < 4.78 is 18.4. The summed E-state index contributed by atoms with van der Waals surface area (Å²) in [5, 5.41) is 2.06. The van der Waals surface area contributed by atoms with Crippen molar-refractivity contribution < 1.29 is 12.7 Å². The molecule has 0 amide bonds. The minimum Gasteiger partial charge on any atom is -0.436 e. The molecule has 0 spiro atoms. The lowest BCUT2D eigenvalue weighted by atomic mass is 11.8. The van der Waals surface area contributed by atoms with Crippen molar-refractivity contribution in [2.75, 3.05) is 30.4 Å². The van der Waals surface area contributed by atoms with Crippen LogP contribution in [0.15, 0.2) is 0 Å². The topological polar surface area (TPSA) is 27.7 Å². The zero-order valence-electron chi connectivity index (χ0n) is 13.0. The SMILES string of the molecule is C.C.C.C.CO[Si](C)(CSC)O[Si](C)(C)O[Si](C)(C)CSC. The van der Waals surface area contributed by atoms with Crippen LogP contribution in [0.3, 0.4) is 0 Å². The predicted octanol–water partition coefficient (Wildman–Crippen LogP) is 5.99. The van der Waals surface area contributed by atoms with Crippen molar-refractivity contribution in [3.8, 4) is 0 Å². The van der Waals surface area contributed by atoms with E-state index in [1.54, 1.807) is 18.9 Å². The molecule has 1 unspecified atom stereocenters. The molecule has 0 rings (SSSR count). The Morgan fingerprint density at radius 3 is 1.45 bits per heavy atom. The molecule has 0 heterocycles. The molecular formula is C14H44O3S2Si3. The lowest BCUT2D eigenvalue weighted by Gasteiger charge is -2.38. The Kier molecular flexibility index (Phi) is 22.9. The van der Waals surface area contributed by atoms with Gasteiger partial charge in [0.2, 0.25) is 0 Å². The normalized spacial score (nSPS) is 13.6. The van der Waals surface area contributed by atoms with Gasteiger partial charge in [-0.05, 0) is 45.2 Å². The first kappa shape index (κ1) is 34.5. The highest BCUT2D eigenvalue weighted by molar-refractivity contribution is 8.00. The highest BCUT2D eigenvalue weighted by Crippen LogP contribution is 2.24. The first-order valence-electron chi connectivity index (χ1n) is 6.03. The molecule has 0 saturated carbocycles. The zero-order chi connectivity index (χ0) is 14.4. The Morgan fingerprint density at radius 2 is 1.14 bits per heavy atom. The maximum atomic E-state index is 6.39. The maximum absolute atomic E-state index is 6.39. The second-order valence-corrected chi connectivity index (χ2v) is 19.7. The van der Waals surface area contributed by atoms with E-state index in [2.05, 4.69) is 45.2 Å². The Hall–Kier alpha value is 1.23. The van der Waals surface area contributed by atoms with Crippen molar-refractivity contribution in [2.45, 2.75) is 62.4 Å². The molecule has 0 aliphatic carbocycles. The number of hydrogen-bond donors (Lipinski definition) is 0. The first-order chi connectivity index (χ1) is 8.10. The monoisotopic (exact) mass is 408 g/mol. The van der Waals surface area contributed by atoms with E-state index in [-0.39, 0.29) is 29.7 Å². The van der Waals surface area contributed by atoms with Crippen LogP contribution in [-0.2, 0) is 12.7 Å². The molecule has 142 valence electrons. The zero-order valence-corrected chi connectivity index (χ0v) is 17.6. The summed E-state index contributed by atoms with van der Waals surface area (Å²) in [5.74, 6) is 0. The van der Waals surface area contributed by atoms with Gasteiger partial charge in [0.25, 0.3) is 0 Å². The van der Waals surface area contributed by atoms with Crippen molar-refractivity contribution in [1.29, 1.82) is 0 Å². The standard InChI is InChI=1S/C10H28O3S2Si3.4CH4/c1-11-18(8,10-15-3)13-17(6,7)12-16(4,5)9-14-2;;;;/h9-10H2,1-8H3;4*1H4. The Morgan fingerprint density at radius 1 is 0.727 bits per heavy atom. The summed E-state index contributed by atoms with van der Waals surface area (Å²) in [6.07, 6.45) is 4.23. The summed E-state index contributed by atoms with van der Waals surface area (Å²) in [7, 11) is -4.02. The molecule has 1 atom stereocenters. The average molecular weight is 409 g/mol. The van der Waals surface area contributed by atoms with Crippen LogP contribution in [0.25, 0.3) is 0 Å². The van der Waals surface area contributed by atoms with Gasteiger partial charge in [-0.3, -0.25) is 0 Å². The molecule has 0 aromatic heterocycles. The third-order valence-corrected chi connectivity index (χ3v) is 18.2. The Balaban J connectivity index is -0.000000241. The highest BCUT2D eigenvalue weighted by Gasteiger charge is 2.42. The van der Waals surface area contributed by atoms with Gasteiger partial charge in [-0.2, -0.15) is 23.5 Å². The summed E-state index contributed by atoms with van der Waals surface area (Å²) in [5.41, 5.74) is 0. The lowest BCUT2D eigenvalue weighted by Crippen LogP contribution is -2.56. The second kappa shape index (κ2) is 14.6. The van der Waals surface area contributed by atoms with Crippen LogP contribution in [0, 0.1) is 0 Å². The third kappa shape index (κ3) is 14.8. The number of rotatable bonds is 9. The van der Waals surface area contributed by atoms with Gasteiger partial charge in [0.1, 0.15) is 0 Å². The third-order valence-electron chi connectivity index (χ3n) is 2.31. The van der Waals surface area contributed by atoms with Gasteiger partial charge in [-0.15, -0.1) is 0 Å². The summed E-state index contributed by atoms with van der Waals surface area (Å²) in [4.78, 5) is 0. The van der Waals surface area contributed by atoms with E-state index < -0.39 is 25.4 Å². The molecule has 3 nitrogen and oxygen atoms in total. The van der Waals surface area contributed by atoms with Crippen LogP contribution in [0.1, 0.15) is 29.7 Å². The molecule has 0 radical (unpaired) electrons. The fourth-order valence-electron chi connectivity index (χ4n) is 1.98. The molecule has 0 aliphatic rings. The van der Waals surface area contributed by atoms with Gasteiger partial charge >= 0.3 is 17.1 Å². The minimum absolute atomic E-state index is 0. The van der Waals surface area contributed by atoms with Gasteiger partial charge in [0.05, 0.1) is 0 Å². The van der Waals surface area contributed by atoms with Crippen LogP contribution in [0.5, 0.6) is 0 Å². The lowest BCUT2D eigenvalue weighted by molar-refractivity contribution is 0.279. The molecule has 0 aromatic carbocycles. The second-order valence-electron chi connectivity index (χ2n) is 5.57. The van der Waals surface area contributed by atoms with Crippen molar-refractivity contribution in [2.24, 2.45) is 0 Å². The van der Waals surface area contributed by atoms with Crippen molar-refractivity contribution in [1.82, 2.24) is 0 Å². The van der Waals surface area contributed by atoms with Gasteiger partial charge < -0.3 is 12.7 Å². The summed E-state index contributed by atoms with van der Waals surface area (Å²) >= 11 is 3.65. The quantitative estimate of drug-likeness (QED) is 0.436. The van der Waals surface area contributed by atoms with Crippen molar-refractivity contribution in [3.05, 3.63) is 0 Å². The van der Waals surface area contributed by atoms with Crippen LogP contribution in [0.2, 0.25) is 32.7 Å². The van der Waals surface area contributed by atoms with Gasteiger partial charge in [0, 0.05) is 17.9 Å². The van der Waals surface area contributed by atoms with Crippen molar-refractivity contribution >= 4 is 49.0 Å². The molecule has 0 N–H and O–H groups in total. The van der Waals surface area contributed by atoms with E-state index >= 15 is 0 Å². The predicted molar refractivity (Wildman–Crippen MR) is 119 cm³/mol. The minimum atomic E-state index is -2.10.